The van der Waals surface area contributed by atoms with Gasteiger partial charge < -0.3 is 15.5 Å². The molecule has 1 aliphatic heterocycles. The quantitative estimate of drug-likeness (QED) is 0.852. The van der Waals surface area contributed by atoms with Crippen LogP contribution in [0, 0.1) is 0 Å². The summed E-state index contributed by atoms with van der Waals surface area (Å²) < 4.78 is 0. The molecule has 0 aliphatic carbocycles. The van der Waals surface area contributed by atoms with Gasteiger partial charge in [-0.05, 0) is 37.1 Å². The van der Waals surface area contributed by atoms with Gasteiger partial charge in [-0.3, -0.25) is 9.59 Å². The molecular formula is C20H23N3O2. The number of rotatable bonds is 6. The molecule has 3 rings (SSSR count). The number of carbonyl (C=O) groups excluding carboxylic acids is 2. The molecule has 0 saturated carbocycles. The van der Waals surface area contributed by atoms with E-state index in [0.717, 1.165) is 24.5 Å². The molecule has 5 heteroatoms. The highest BCUT2D eigenvalue weighted by Gasteiger charge is 2.16. The normalized spacial score (nSPS) is 13.5. The molecular weight excluding hydrogens is 314 g/mol. The minimum Gasteiger partial charge on any atom is -0.370 e. The summed E-state index contributed by atoms with van der Waals surface area (Å²) in [6.07, 6.45) is 2.62. The van der Waals surface area contributed by atoms with Crippen molar-refractivity contribution in [3.05, 3.63) is 60.2 Å². The van der Waals surface area contributed by atoms with E-state index in [1.807, 2.05) is 42.5 Å². The van der Waals surface area contributed by atoms with E-state index in [-0.39, 0.29) is 18.2 Å². The van der Waals surface area contributed by atoms with Crippen molar-refractivity contribution in [1.29, 1.82) is 0 Å². The minimum absolute atomic E-state index is 0.0972. The molecule has 1 fully saturated rings. The molecule has 25 heavy (non-hydrogen) atoms. The van der Waals surface area contributed by atoms with Crippen LogP contribution < -0.4 is 15.5 Å². The molecule has 0 aromatic heterocycles. The van der Waals surface area contributed by atoms with Crippen LogP contribution >= 0.6 is 0 Å². The fourth-order valence-electron chi connectivity index (χ4n) is 3.01. The molecule has 2 aromatic rings. The van der Waals surface area contributed by atoms with Crippen molar-refractivity contribution < 1.29 is 9.59 Å². The predicted molar refractivity (Wildman–Crippen MR) is 99.9 cm³/mol. The van der Waals surface area contributed by atoms with Gasteiger partial charge in [0.2, 0.25) is 5.91 Å². The van der Waals surface area contributed by atoms with Gasteiger partial charge in [0.15, 0.2) is 0 Å². The number of para-hydroxylation sites is 2. The number of nitrogens with one attached hydrogen (secondary N) is 2. The first-order valence-corrected chi connectivity index (χ1v) is 8.71. The van der Waals surface area contributed by atoms with Gasteiger partial charge in [0.1, 0.15) is 0 Å². The van der Waals surface area contributed by atoms with Crippen LogP contribution in [0.15, 0.2) is 54.6 Å². The summed E-state index contributed by atoms with van der Waals surface area (Å²) in [5.41, 5.74) is 2.51. The topological polar surface area (TPSA) is 61.4 Å². The van der Waals surface area contributed by atoms with Gasteiger partial charge >= 0.3 is 0 Å². The maximum Gasteiger partial charge on any atom is 0.251 e. The second-order valence-corrected chi connectivity index (χ2v) is 6.13. The number of hydrogen-bond donors (Lipinski definition) is 2. The first-order chi connectivity index (χ1) is 12.2. The fourth-order valence-corrected chi connectivity index (χ4v) is 3.01. The van der Waals surface area contributed by atoms with Gasteiger partial charge in [-0.2, -0.15) is 0 Å². The number of anilines is 2. The lowest BCUT2D eigenvalue weighted by molar-refractivity contribution is -0.116. The lowest BCUT2D eigenvalue weighted by Crippen LogP contribution is -2.28. The van der Waals surface area contributed by atoms with Gasteiger partial charge in [-0.25, -0.2) is 0 Å². The van der Waals surface area contributed by atoms with E-state index in [2.05, 4.69) is 15.5 Å². The Balaban J connectivity index is 1.51. The molecule has 0 bridgehead atoms. The molecule has 0 atom stereocenters. The molecule has 0 spiro atoms. The lowest BCUT2D eigenvalue weighted by atomic mass is 10.2. The van der Waals surface area contributed by atoms with Crippen LogP contribution in [0.2, 0.25) is 0 Å². The standard InChI is InChI=1S/C20H23N3O2/c24-19(12-13-21-20(25)16-8-2-1-3-9-16)22-17-10-4-5-11-18(17)23-14-6-7-15-23/h1-5,8-11H,6-7,12-15H2,(H,21,25)(H,22,24). The predicted octanol–water partition coefficient (Wildman–Crippen LogP) is 3.05. The Bertz CT molecular complexity index is 725. The van der Waals surface area contributed by atoms with Gasteiger partial charge in [0, 0.05) is 31.6 Å². The van der Waals surface area contributed by atoms with Crippen molar-refractivity contribution in [2.75, 3.05) is 29.9 Å². The highest BCUT2D eigenvalue weighted by Crippen LogP contribution is 2.28. The molecule has 2 N–H and O–H groups in total. The van der Waals surface area contributed by atoms with Crippen LogP contribution in [-0.4, -0.2) is 31.4 Å². The van der Waals surface area contributed by atoms with Crippen molar-refractivity contribution >= 4 is 23.2 Å². The van der Waals surface area contributed by atoms with Gasteiger partial charge in [0.25, 0.3) is 5.91 Å². The Morgan fingerprint density at radius 1 is 0.920 bits per heavy atom. The summed E-state index contributed by atoms with van der Waals surface area (Å²) in [5.74, 6) is -0.258. The van der Waals surface area contributed by atoms with E-state index in [1.165, 1.54) is 12.8 Å². The average Bonchev–Trinajstić information content (AvgIpc) is 3.17. The summed E-state index contributed by atoms with van der Waals surface area (Å²) in [6, 6.07) is 16.9. The summed E-state index contributed by atoms with van der Waals surface area (Å²) in [7, 11) is 0. The molecule has 2 aromatic carbocycles. The third-order valence-electron chi connectivity index (χ3n) is 4.30. The first-order valence-electron chi connectivity index (χ1n) is 8.71. The van der Waals surface area contributed by atoms with Crippen molar-refractivity contribution in [2.24, 2.45) is 0 Å². The van der Waals surface area contributed by atoms with Crippen molar-refractivity contribution in [3.8, 4) is 0 Å². The Labute approximate surface area is 148 Å². The third kappa shape index (κ3) is 4.59. The SMILES string of the molecule is O=C(CCNC(=O)c1ccccc1)Nc1ccccc1N1CCCC1. The Kier molecular flexibility index (Phi) is 5.67. The Morgan fingerprint density at radius 2 is 1.60 bits per heavy atom. The van der Waals surface area contributed by atoms with Crippen LogP contribution in [0.5, 0.6) is 0 Å². The second kappa shape index (κ2) is 8.33. The molecule has 5 nitrogen and oxygen atoms in total. The van der Waals surface area contributed by atoms with Crippen molar-refractivity contribution in [1.82, 2.24) is 5.32 Å². The number of benzene rings is 2. The number of amides is 2. The molecule has 1 aliphatic rings. The zero-order chi connectivity index (χ0) is 17.5. The highest BCUT2D eigenvalue weighted by molar-refractivity contribution is 5.96. The van der Waals surface area contributed by atoms with E-state index in [0.29, 0.717) is 12.1 Å². The fraction of sp³-hybridized carbons (Fsp3) is 0.300. The van der Waals surface area contributed by atoms with Crippen LogP contribution in [0.1, 0.15) is 29.6 Å². The van der Waals surface area contributed by atoms with E-state index in [9.17, 15) is 9.59 Å². The van der Waals surface area contributed by atoms with Crippen LogP contribution in [-0.2, 0) is 4.79 Å². The largest absolute Gasteiger partial charge is 0.370 e. The van der Waals surface area contributed by atoms with Crippen LogP contribution in [0.4, 0.5) is 11.4 Å². The zero-order valence-electron chi connectivity index (χ0n) is 14.2. The number of carbonyl (C=O) groups is 2. The number of hydrogen-bond acceptors (Lipinski definition) is 3. The maximum absolute atomic E-state index is 12.2. The second-order valence-electron chi connectivity index (χ2n) is 6.13. The smallest absolute Gasteiger partial charge is 0.251 e. The summed E-state index contributed by atoms with van der Waals surface area (Å²) in [4.78, 5) is 26.5. The highest BCUT2D eigenvalue weighted by atomic mass is 16.2. The molecule has 0 radical (unpaired) electrons. The Hall–Kier alpha value is -2.82. The molecule has 130 valence electrons. The van der Waals surface area contributed by atoms with E-state index in [4.69, 9.17) is 0 Å². The summed E-state index contributed by atoms with van der Waals surface area (Å²) in [6.45, 7) is 2.37. The molecule has 1 saturated heterocycles. The Morgan fingerprint density at radius 3 is 2.36 bits per heavy atom. The first kappa shape index (κ1) is 17.0. The van der Waals surface area contributed by atoms with Crippen LogP contribution in [0.25, 0.3) is 0 Å². The summed E-state index contributed by atoms with van der Waals surface area (Å²) in [5, 5.41) is 5.74. The monoisotopic (exact) mass is 337 g/mol. The molecule has 2 amide bonds. The molecule has 1 heterocycles. The minimum atomic E-state index is -0.161. The number of nitrogens with zero attached hydrogens (tertiary/aromatic N) is 1. The average molecular weight is 337 g/mol. The third-order valence-corrected chi connectivity index (χ3v) is 4.30. The van der Waals surface area contributed by atoms with Gasteiger partial charge in [0.05, 0.1) is 11.4 Å². The van der Waals surface area contributed by atoms with E-state index >= 15 is 0 Å². The zero-order valence-corrected chi connectivity index (χ0v) is 14.2. The van der Waals surface area contributed by atoms with E-state index < -0.39 is 0 Å². The molecule has 0 unspecified atom stereocenters. The van der Waals surface area contributed by atoms with Crippen molar-refractivity contribution in [2.45, 2.75) is 19.3 Å². The van der Waals surface area contributed by atoms with Gasteiger partial charge in [-0.15, -0.1) is 0 Å². The van der Waals surface area contributed by atoms with Crippen molar-refractivity contribution in [3.63, 3.8) is 0 Å². The van der Waals surface area contributed by atoms with Crippen LogP contribution in [0.3, 0.4) is 0 Å². The lowest BCUT2D eigenvalue weighted by Gasteiger charge is -2.21. The maximum atomic E-state index is 12.2. The summed E-state index contributed by atoms with van der Waals surface area (Å²) >= 11 is 0. The van der Waals surface area contributed by atoms with Gasteiger partial charge in [-0.1, -0.05) is 30.3 Å². The van der Waals surface area contributed by atoms with E-state index in [1.54, 1.807) is 12.1 Å².